The summed E-state index contributed by atoms with van der Waals surface area (Å²) in [5.41, 5.74) is 0.608. The minimum atomic E-state index is -3.76. The molecule has 1 fully saturated rings. The molecule has 0 aromatic heterocycles. The first-order valence-electron chi connectivity index (χ1n) is 8.30. The summed E-state index contributed by atoms with van der Waals surface area (Å²) < 4.78 is 33.4. The maximum absolute atomic E-state index is 12.6. The van der Waals surface area contributed by atoms with Gasteiger partial charge in [0.05, 0.1) is 9.82 Å². The van der Waals surface area contributed by atoms with Crippen molar-refractivity contribution >= 4 is 15.7 Å². The Morgan fingerprint density at radius 1 is 1.04 bits per heavy atom. The van der Waals surface area contributed by atoms with Crippen molar-refractivity contribution in [3.05, 3.63) is 70.3 Å². The first-order valence-corrected chi connectivity index (χ1v) is 9.79. The third-order valence-electron chi connectivity index (χ3n) is 4.79. The van der Waals surface area contributed by atoms with E-state index in [-0.39, 0.29) is 22.5 Å². The van der Waals surface area contributed by atoms with Gasteiger partial charge in [-0.25, -0.2) is 13.1 Å². The lowest BCUT2D eigenvalue weighted by atomic mass is 9.74. The maximum atomic E-state index is 12.6. The molecule has 1 aliphatic heterocycles. The van der Waals surface area contributed by atoms with Crippen molar-refractivity contribution in [2.45, 2.75) is 23.2 Å². The first-order chi connectivity index (χ1) is 12.4. The number of nitro benzene ring substituents is 1. The van der Waals surface area contributed by atoms with Gasteiger partial charge in [-0.1, -0.05) is 30.3 Å². The molecule has 26 heavy (non-hydrogen) atoms. The van der Waals surface area contributed by atoms with Crippen molar-refractivity contribution in [1.29, 1.82) is 0 Å². The molecular weight excluding hydrogens is 356 g/mol. The number of rotatable bonds is 6. The van der Waals surface area contributed by atoms with Crippen LogP contribution in [0.2, 0.25) is 0 Å². The molecule has 0 unspecified atom stereocenters. The van der Waals surface area contributed by atoms with Gasteiger partial charge in [-0.15, -0.1) is 0 Å². The van der Waals surface area contributed by atoms with Gasteiger partial charge in [0.15, 0.2) is 0 Å². The molecule has 2 aromatic rings. The van der Waals surface area contributed by atoms with Crippen LogP contribution in [0.15, 0.2) is 59.5 Å². The van der Waals surface area contributed by atoms with Gasteiger partial charge in [0.1, 0.15) is 0 Å². The van der Waals surface area contributed by atoms with Crippen molar-refractivity contribution in [3.63, 3.8) is 0 Å². The lowest BCUT2D eigenvalue weighted by molar-refractivity contribution is -0.384. The zero-order valence-electron chi connectivity index (χ0n) is 14.1. The Bertz CT molecular complexity index is 860. The molecule has 0 spiro atoms. The summed E-state index contributed by atoms with van der Waals surface area (Å²) in [6, 6.07) is 14.7. The molecule has 138 valence electrons. The van der Waals surface area contributed by atoms with Crippen molar-refractivity contribution in [2.75, 3.05) is 19.8 Å². The SMILES string of the molecule is O=[N+]([O-])c1ccc(S(=O)(=O)NCC2(c3ccccc3)CCOCC2)cc1. The van der Waals surface area contributed by atoms with Gasteiger partial charge in [-0.05, 0) is 30.5 Å². The van der Waals surface area contributed by atoms with E-state index in [9.17, 15) is 18.5 Å². The van der Waals surface area contributed by atoms with E-state index in [4.69, 9.17) is 4.74 Å². The second-order valence-corrected chi connectivity index (χ2v) is 8.10. The summed E-state index contributed by atoms with van der Waals surface area (Å²) in [5, 5.41) is 10.7. The van der Waals surface area contributed by atoms with Crippen LogP contribution in [0.4, 0.5) is 5.69 Å². The normalized spacial score (nSPS) is 16.9. The van der Waals surface area contributed by atoms with E-state index in [0.717, 1.165) is 18.4 Å². The van der Waals surface area contributed by atoms with Gasteiger partial charge in [-0.2, -0.15) is 0 Å². The summed E-state index contributed by atoms with van der Waals surface area (Å²) in [5.74, 6) is 0. The van der Waals surface area contributed by atoms with Crippen molar-refractivity contribution in [1.82, 2.24) is 4.72 Å². The number of sulfonamides is 1. The molecule has 0 saturated carbocycles. The molecule has 1 heterocycles. The fraction of sp³-hybridized carbons (Fsp3) is 0.333. The van der Waals surface area contributed by atoms with Crippen LogP contribution in [-0.4, -0.2) is 33.1 Å². The van der Waals surface area contributed by atoms with E-state index in [1.54, 1.807) is 0 Å². The third kappa shape index (κ3) is 3.92. The second kappa shape index (κ2) is 7.53. The highest BCUT2D eigenvalue weighted by molar-refractivity contribution is 7.89. The van der Waals surface area contributed by atoms with Gasteiger partial charge in [0.25, 0.3) is 5.69 Å². The molecule has 0 bridgehead atoms. The van der Waals surface area contributed by atoms with Gasteiger partial charge < -0.3 is 4.74 Å². The summed E-state index contributed by atoms with van der Waals surface area (Å²) in [4.78, 5) is 10.2. The highest BCUT2D eigenvalue weighted by Gasteiger charge is 2.35. The molecule has 3 rings (SSSR count). The fourth-order valence-electron chi connectivity index (χ4n) is 3.18. The number of hydrogen-bond donors (Lipinski definition) is 1. The molecule has 8 heteroatoms. The standard InChI is InChI=1S/C18H20N2O5S/c21-20(22)16-6-8-17(9-7-16)26(23,24)19-14-18(10-12-25-13-11-18)15-4-2-1-3-5-15/h1-9,19H,10-14H2. The quantitative estimate of drug-likeness (QED) is 0.617. The van der Waals surface area contributed by atoms with Gasteiger partial charge >= 0.3 is 0 Å². The average Bonchev–Trinajstić information content (AvgIpc) is 2.68. The molecule has 1 aliphatic rings. The van der Waals surface area contributed by atoms with Gasteiger partial charge in [0.2, 0.25) is 10.0 Å². The predicted octanol–water partition coefficient (Wildman–Crippen LogP) is 2.62. The van der Waals surface area contributed by atoms with Crippen LogP contribution in [0.5, 0.6) is 0 Å². The van der Waals surface area contributed by atoms with E-state index >= 15 is 0 Å². The zero-order valence-corrected chi connectivity index (χ0v) is 14.9. The van der Waals surface area contributed by atoms with Crippen LogP contribution in [0.1, 0.15) is 18.4 Å². The molecule has 0 aliphatic carbocycles. The van der Waals surface area contributed by atoms with Crippen LogP contribution >= 0.6 is 0 Å². The number of nitro groups is 1. The van der Waals surface area contributed by atoms with E-state index < -0.39 is 14.9 Å². The summed E-state index contributed by atoms with van der Waals surface area (Å²) in [6.45, 7) is 1.40. The molecule has 1 N–H and O–H groups in total. The van der Waals surface area contributed by atoms with Crippen molar-refractivity contribution in [2.24, 2.45) is 0 Å². The Balaban J connectivity index is 1.81. The first kappa shape index (κ1) is 18.5. The largest absolute Gasteiger partial charge is 0.381 e. The van der Waals surface area contributed by atoms with Crippen LogP contribution in [0, 0.1) is 10.1 Å². The summed E-state index contributed by atoms with van der Waals surface area (Å²) in [6.07, 6.45) is 1.44. The van der Waals surface area contributed by atoms with Crippen LogP contribution in [0.3, 0.4) is 0 Å². The smallest absolute Gasteiger partial charge is 0.269 e. The number of nitrogens with zero attached hydrogens (tertiary/aromatic N) is 1. The Morgan fingerprint density at radius 3 is 2.23 bits per heavy atom. The van der Waals surface area contributed by atoms with Crippen molar-refractivity contribution < 1.29 is 18.1 Å². The number of benzene rings is 2. The molecule has 0 radical (unpaired) electrons. The van der Waals surface area contributed by atoms with Gasteiger partial charge in [-0.3, -0.25) is 10.1 Å². The Kier molecular flexibility index (Phi) is 5.36. The summed E-state index contributed by atoms with van der Waals surface area (Å²) in [7, 11) is -3.76. The van der Waals surface area contributed by atoms with E-state index in [0.29, 0.717) is 13.2 Å². The molecule has 2 aromatic carbocycles. The lowest BCUT2D eigenvalue weighted by Gasteiger charge is -2.37. The molecular formula is C18H20N2O5S. The fourth-order valence-corrected chi connectivity index (χ4v) is 4.31. The number of nitrogens with one attached hydrogen (secondary N) is 1. The second-order valence-electron chi connectivity index (χ2n) is 6.33. The summed E-state index contributed by atoms with van der Waals surface area (Å²) >= 11 is 0. The zero-order chi connectivity index (χ0) is 18.6. The van der Waals surface area contributed by atoms with Gasteiger partial charge in [0, 0.05) is 37.3 Å². The third-order valence-corrected chi connectivity index (χ3v) is 6.21. The number of hydrogen-bond acceptors (Lipinski definition) is 5. The Morgan fingerprint density at radius 2 is 1.65 bits per heavy atom. The topological polar surface area (TPSA) is 98.5 Å². The minimum absolute atomic E-state index is 0.0124. The van der Waals surface area contributed by atoms with Crippen LogP contribution in [0.25, 0.3) is 0 Å². The van der Waals surface area contributed by atoms with Crippen LogP contribution in [-0.2, 0) is 20.2 Å². The van der Waals surface area contributed by atoms with E-state index in [1.807, 2.05) is 30.3 Å². The minimum Gasteiger partial charge on any atom is -0.381 e. The Hall–Kier alpha value is -2.29. The van der Waals surface area contributed by atoms with E-state index in [2.05, 4.69) is 4.72 Å². The Labute approximate surface area is 152 Å². The molecule has 1 saturated heterocycles. The highest BCUT2D eigenvalue weighted by Crippen LogP contribution is 2.34. The lowest BCUT2D eigenvalue weighted by Crippen LogP contribution is -2.44. The maximum Gasteiger partial charge on any atom is 0.269 e. The monoisotopic (exact) mass is 376 g/mol. The number of ether oxygens (including phenoxy) is 1. The molecule has 0 atom stereocenters. The average molecular weight is 376 g/mol. The number of non-ortho nitro benzene ring substituents is 1. The highest BCUT2D eigenvalue weighted by atomic mass is 32.2. The van der Waals surface area contributed by atoms with E-state index in [1.165, 1.54) is 24.3 Å². The van der Waals surface area contributed by atoms with Crippen LogP contribution < -0.4 is 4.72 Å². The van der Waals surface area contributed by atoms with Crippen molar-refractivity contribution in [3.8, 4) is 0 Å². The molecule has 7 nitrogen and oxygen atoms in total. The predicted molar refractivity (Wildman–Crippen MR) is 96.5 cm³/mol. The molecule has 0 amide bonds.